The number of fused-ring (bicyclic) bond motifs is 1. The van der Waals surface area contributed by atoms with E-state index >= 15 is 0 Å². The molecule has 3 rings (SSSR count). The van der Waals surface area contributed by atoms with Crippen LogP contribution in [0.25, 0.3) is 0 Å². The second-order valence-corrected chi connectivity index (χ2v) is 7.46. The van der Waals surface area contributed by atoms with Crippen molar-refractivity contribution in [1.29, 1.82) is 0 Å². The minimum Gasteiger partial charge on any atom is -0.479 e. The van der Waals surface area contributed by atoms with Gasteiger partial charge in [0, 0.05) is 25.6 Å². The molecule has 0 bridgehead atoms. The number of pyridine rings is 1. The average molecular weight is 334 g/mol. The van der Waals surface area contributed by atoms with Crippen molar-refractivity contribution in [2.45, 2.75) is 38.8 Å². The number of nitrogen functional groups attached to an aromatic ring is 1. The van der Waals surface area contributed by atoms with Gasteiger partial charge in [-0.25, -0.2) is 4.79 Å². The van der Waals surface area contributed by atoms with Crippen molar-refractivity contribution in [2.24, 2.45) is 5.92 Å². The van der Waals surface area contributed by atoms with Gasteiger partial charge in [0.15, 0.2) is 0 Å². The molecule has 1 aromatic heterocycles. The average Bonchev–Trinajstić information content (AvgIpc) is 3.06. The Kier molecular flexibility index (Phi) is 4.19. The van der Waals surface area contributed by atoms with Gasteiger partial charge in [0.2, 0.25) is 5.88 Å². The Balaban J connectivity index is 1.72. The molecule has 3 heterocycles. The van der Waals surface area contributed by atoms with Gasteiger partial charge in [-0.1, -0.05) is 0 Å². The summed E-state index contributed by atoms with van der Waals surface area (Å²) >= 11 is 0. The molecule has 0 aliphatic carbocycles. The number of nitrogens with two attached hydrogens (primary N) is 1. The van der Waals surface area contributed by atoms with Crippen molar-refractivity contribution in [3.8, 4) is 5.88 Å². The third-order valence-electron chi connectivity index (χ3n) is 4.56. The van der Waals surface area contributed by atoms with Gasteiger partial charge in [-0.05, 0) is 39.3 Å². The smallest absolute Gasteiger partial charge is 0.410 e. The molecular formula is C17H26N4O3. The quantitative estimate of drug-likeness (QED) is 0.892. The Morgan fingerprint density at radius 1 is 1.33 bits per heavy atom. The van der Waals surface area contributed by atoms with Gasteiger partial charge in [0.25, 0.3) is 0 Å². The highest BCUT2D eigenvalue weighted by atomic mass is 16.6. The lowest BCUT2D eigenvalue weighted by molar-refractivity contribution is 0.0284. The van der Waals surface area contributed by atoms with E-state index < -0.39 is 5.60 Å². The summed E-state index contributed by atoms with van der Waals surface area (Å²) in [6.45, 7) is 7.99. The van der Waals surface area contributed by atoms with Crippen molar-refractivity contribution < 1.29 is 14.3 Å². The number of carbonyl (C=O) groups excluding carboxylic acids is 1. The summed E-state index contributed by atoms with van der Waals surface area (Å²) in [4.78, 5) is 20.9. The molecule has 2 aliphatic rings. The first-order valence-electron chi connectivity index (χ1n) is 8.33. The van der Waals surface area contributed by atoms with Crippen molar-refractivity contribution in [1.82, 2.24) is 9.88 Å². The molecule has 2 N–H and O–H groups in total. The standard InChI is InChI=1S/C17H26N4O3/c1-17(2,3)24-16(22)20-9-11-7-8-21(13(11)10-20)14-6-5-12(18)15(19-14)23-4/h5-6,11,13H,7-10,18H2,1-4H3/t11-,13+/m1/s1. The third kappa shape index (κ3) is 3.20. The van der Waals surface area contributed by atoms with Gasteiger partial charge in [0.05, 0.1) is 18.8 Å². The molecule has 132 valence electrons. The molecule has 2 fully saturated rings. The first-order chi connectivity index (χ1) is 11.3. The number of hydrogen-bond acceptors (Lipinski definition) is 6. The largest absolute Gasteiger partial charge is 0.479 e. The number of aromatic nitrogens is 1. The maximum absolute atomic E-state index is 12.3. The predicted octanol–water partition coefficient (Wildman–Crippen LogP) is 2.12. The Bertz CT molecular complexity index is 629. The van der Waals surface area contributed by atoms with E-state index in [0.717, 1.165) is 25.3 Å². The number of methoxy groups -OCH3 is 1. The van der Waals surface area contributed by atoms with E-state index in [4.69, 9.17) is 15.2 Å². The normalized spacial score (nSPS) is 23.3. The van der Waals surface area contributed by atoms with Crippen LogP contribution in [0.3, 0.4) is 0 Å². The Morgan fingerprint density at radius 2 is 2.08 bits per heavy atom. The van der Waals surface area contributed by atoms with Gasteiger partial charge in [-0.3, -0.25) is 0 Å². The zero-order chi connectivity index (χ0) is 17.5. The van der Waals surface area contributed by atoms with Gasteiger partial charge >= 0.3 is 6.09 Å². The summed E-state index contributed by atoms with van der Waals surface area (Å²) in [7, 11) is 1.56. The summed E-state index contributed by atoms with van der Waals surface area (Å²) in [5.41, 5.74) is 5.91. The molecule has 0 saturated carbocycles. The Hall–Kier alpha value is -2.18. The number of hydrogen-bond donors (Lipinski definition) is 1. The maximum Gasteiger partial charge on any atom is 0.410 e. The Labute approximate surface area is 142 Å². The van der Waals surface area contributed by atoms with Crippen LogP contribution in [-0.2, 0) is 4.74 Å². The van der Waals surface area contributed by atoms with Crippen LogP contribution in [0.4, 0.5) is 16.3 Å². The number of amides is 1. The molecule has 0 spiro atoms. The van der Waals surface area contributed by atoms with Crippen molar-refractivity contribution in [3.63, 3.8) is 0 Å². The molecule has 2 aliphatic heterocycles. The summed E-state index contributed by atoms with van der Waals surface area (Å²) in [5, 5.41) is 0. The fourth-order valence-corrected chi connectivity index (χ4v) is 3.49. The molecule has 1 aromatic rings. The fourth-order valence-electron chi connectivity index (χ4n) is 3.49. The topological polar surface area (TPSA) is 80.9 Å². The number of likely N-dealkylation sites (tertiary alicyclic amines) is 1. The SMILES string of the molecule is COc1nc(N2CC[C@@H]3CN(C(=O)OC(C)(C)C)C[C@@H]32)ccc1N. The molecule has 7 nitrogen and oxygen atoms in total. The van der Waals surface area contributed by atoms with E-state index in [1.165, 1.54) is 0 Å². The van der Waals surface area contributed by atoms with Crippen LogP contribution in [0.1, 0.15) is 27.2 Å². The van der Waals surface area contributed by atoms with Gasteiger partial charge in [-0.15, -0.1) is 0 Å². The van der Waals surface area contributed by atoms with E-state index in [2.05, 4.69) is 9.88 Å². The highest BCUT2D eigenvalue weighted by molar-refractivity contribution is 5.69. The first kappa shape index (κ1) is 16.7. The zero-order valence-electron chi connectivity index (χ0n) is 14.8. The molecule has 24 heavy (non-hydrogen) atoms. The molecule has 2 saturated heterocycles. The summed E-state index contributed by atoms with van der Waals surface area (Å²) in [5.74, 6) is 1.74. The Morgan fingerprint density at radius 3 is 2.75 bits per heavy atom. The molecule has 0 unspecified atom stereocenters. The lowest BCUT2D eigenvalue weighted by Crippen LogP contribution is -2.39. The number of nitrogens with zero attached hydrogens (tertiary/aromatic N) is 3. The zero-order valence-corrected chi connectivity index (χ0v) is 14.8. The van der Waals surface area contributed by atoms with Gasteiger partial charge < -0.3 is 25.0 Å². The van der Waals surface area contributed by atoms with Gasteiger partial charge in [0.1, 0.15) is 11.4 Å². The van der Waals surface area contributed by atoms with E-state index in [1.54, 1.807) is 12.0 Å². The number of ether oxygens (including phenoxy) is 2. The van der Waals surface area contributed by atoms with Crippen molar-refractivity contribution in [3.05, 3.63) is 12.1 Å². The maximum atomic E-state index is 12.3. The van der Waals surface area contributed by atoms with E-state index in [1.807, 2.05) is 32.9 Å². The predicted molar refractivity (Wildman–Crippen MR) is 92.2 cm³/mol. The van der Waals surface area contributed by atoms with Crippen LogP contribution in [0.2, 0.25) is 0 Å². The second-order valence-electron chi connectivity index (χ2n) is 7.46. The molecular weight excluding hydrogens is 308 g/mol. The lowest BCUT2D eigenvalue weighted by Gasteiger charge is -2.27. The minimum atomic E-state index is -0.472. The van der Waals surface area contributed by atoms with Crippen LogP contribution in [0, 0.1) is 5.92 Å². The molecule has 7 heteroatoms. The molecule has 1 amide bonds. The summed E-state index contributed by atoms with van der Waals surface area (Å²) in [6, 6.07) is 3.99. The number of carbonyl (C=O) groups is 1. The monoisotopic (exact) mass is 334 g/mol. The highest BCUT2D eigenvalue weighted by Gasteiger charge is 2.44. The highest BCUT2D eigenvalue weighted by Crippen LogP contribution is 2.36. The van der Waals surface area contributed by atoms with Crippen molar-refractivity contribution >= 4 is 17.6 Å². The van der Waals surface area contributed by atoms with Crippen LogP contribution >= 0.6 is 0 Å². The van der Waals surface area contributed by atoms with Gasteiger partial charge in [-0.2, -0.15) is 4.98 Å². The lowest BCUT2D eigenvalue weighted by atomic mass is 10.1. The third-order valence-corrected chi connectivity index (χ3v) is 4.56. The first-order valence-corrected chi connectivity index (χ1v) is 8.33. The fraction of sp³-hybridized carbons (Fsp3) is 0.647. The van der Waals surface area contributed by atoms with E-state index in [0.29, 0.717) is 24.0 Å². The molecule has 0 aromatic carbocycles. The van der Waals surface area contributed by atoms with Crippen molar-refractivity contribution in [2.75, 3.05) is 37.4 Å². The van der Waals surface area contributed by atoms with E-state index in [9.17, 15) is 4.79 Å². The van der Waals surface area contributed by atoms with E-state index in [-0.39, 0.29) is 12.1 Å². The van der Waals surface area contributed by atoms with Crippen LogP contribution in [0.5, 0.6) is 5.88 Å². The summed E-state index contributed by atoms with van der Waals surface area (Å²) < 4.78 is 10.7. The molecule has 2 atom stereocenters. The van der Waals surface area contributed by atoms with Crippen LogP contribution < -0.4 is 15.4 Å². The second kappa shape index (κ2) is 6.03. The minimum absolute atomic E-state index is 0.236. The number of anilines is 2. The molecule has 0 radical (unpaired) electrons. The van der Waals surface area contributed by atoms with Crippen LogP contribution in [-0.4, -0.2) is 54.4 Å². The summed E-state index contributed by atoms with van der Waals surface area (Å²) in [6.07, 6.45) is 0.804. The number of rotatable bonds is 2. The van der Waals surface area contributed by atoms with Crippen LogP contribution in [0.15, 0.2) is 12.1 Å².